The number of hydrogen-bond acceptors (Lipinski definition) is 18. The van der Waals surface area contributed by atoms with Gasteiger partial charge >= 0.3 is 11.9 Å². The van der Waals surface area contributed by atoms with Crippen LogP contribution in [0.2, 0.25) is 5.04 Å². The number of hydrogen-bond donors (Lipinski definition) is 0. The molecule has 18 nitrogen and oxygen atoms in total. The van der Waals surface area contributed by atoms with Crippen molar-refractivity contribution in [2.24, 2.45) is 0 Å². The Morgan fingerprint density at radius 3 is 0.836 bits per heavy atom. The van der Waals surface area contributed by atoms with Crippen molar-refractivity contribution in [1.82, 2.24) is 0 Å². The van der Waals surface area contributed by atoms with E-state index >= 15 is 0 Å². The van der Waals surface area contributed by atoms with Gasteiger partial charge in [-0.1, -0.05) is 330 Å². The molecule has 3 aliphatic rings. The zero-order valence-corrected chi connectivity index (χ0v) is 67.5. The summed E-state index contributed by atoms with van der Waals surface area (Å²) in [6, 6.07) is 99.1. The second-order valence-electron chi connectivity index (χ2n) is 30.3. The zero-order chi connectivity index (χ0) is 80.3. The standard InChI is InChI=1S/C97H106O18Si/c1-7-58-101-90-91(114-95-93(110-69(2)98)85(104-62-74-44-24-11-25-45-74)83(102-60-72-40-20-9-21-41-72)81(112-95)67-100-59-71-38-18-8-19-39-71)88(107-65-77-50-30-14-31-51-77)87(106-64-76-48-28-13-29-49-76)89(108-66-78-52-32-15-33-53-78)92(90)115-96-94(111-70(3)99)86(105-63-75-46-26-12-27-47-75)84(103-61-73-42-22-10-23-43-73)82(113-96)68-109-116(97(4,5)6,79-54-34-16-35-55-79)80-56-36-17-37-57-80/h7-57,81-96H,1,58-68H2,2-6H3/t81?,82?,83-,84-,85+,86?,87-,88?,89+,90-,91?,92?,93?,94-,95+,96-/m1/s1. The number of carbonyl (C=O) groups is 2. The molecular formula is C97H106O18Si. The molecular weight excluding hydrogens is 1480 g/mol. The Morgan fingerprint density at radius 1 is 0.319 bits per heavy atom. The quantitative estimate of drug-likeness (QED) is 0.0201. The molecule has 0 radical (unpaired) electrons. The first-order valence-corrected chi connectivity index (χ1v) is 41.8. The largest absolute Gasteiger partial charge is 0.454 e. The molecule has 19 heteroatoms. The zero-order valence-electron chi connectivity index (χ0n) is 66.5. The summed E-state index contributed by atoms with van der Waals surface area (Å²) in [5.74, 6) is -1.32. The minimum atomic E-state index is -3.41. The van der Waals surface area contributed by atoms with Crippen LogP contribution in [0.25, 0.3) is 0 Å². The van der Waals surface area contributed by atoms with Crippen LogP contribution in [-0.4, -0.2) is 138 Å². The topological polar surface area (TPSA) is 182 Å². The lowest BCUT2D eigenvalue weighted by atomic mass is 9.83. The fourth-order valence-corrected chi connectivity index (χ4v) is 20.1. The number of rotatable bonds is 39. The van der Waals surface area contributed by atoms with Gasteiger partial charge in [-0.15, -0.1) is 6.58 Å². The van der Waals surface area contributed by atoms with Crippen molar-refractivity contribution >= 4 is 30.6 Å². The SMILES string of the molecule is C=CCO[C@@H]1C(O[C@@H]2OC(COCc3ccccc3)[C@@H](OCc3ccccc3)[C@H](OCc3ccccc3)C2OC(C)=O)C(OCc2ccccc2)[C@@H](OCc2ccccc2)[C@H](OCc2ccccc2)C1O[C@H]1OC(CO[Si](c2ccccc2)(c2ccccc2)C(C)(C)C)[C@@H](OCc2ccccc2)C(OCc2ccccc2)[C@H]1OC(C)=O. The molecule has 0 spiro atoms. The molecule has 116 heavy (non-hydrogen) atoms. The van der Waals surface area contributed by atoms with Crippen molar-refractivity contribution in [2.75, 3.05) is 19.8 Å². The van der Waals surface area contributed by atoms with Crippen molar-refractivity contribution in [3.8, 4) is 0 Å². The third-order valence-corrected chi connectivity index (χ3v) is 26.0. The fourth-order valence-electron chi connectivity index (χ4n) is 15.5. The van der Waals surface area contributed by atoms with E-state index in [1.807, 2.05) is 279 Å². The minimum absolute atomic E-state index is 0.0173. The smallest absolute Gasteiger partial charge is 0.303 e. The molecule has 16 atom stereocenters. The van der Waals surface area contributed by atoms with Gasteiger partial charge in [0.2, 0.25) is 0 Å². The number of esters is 2. The van der Waals surface area contributed by atoms with Crippen LogP contribution in [0, 0.1) is 0 Å². The van der Waals surface area contributed by atoms with E-state index in [1.54, 1.807) is 6.08 Å². The van der Waals surface area contributed by atoms with Crippen molar-refractivity contribution in [2.45, 2.75) is 191 Å². The summed E-state index contributed by atoms with van der Waals surface area (Å²) in [4.78, 5) is 28.7. The Morgan fingerprint density at radius 2 is 0.560 bits per heavy atom. The monoisotopic (exact) mass is 1590 g/mol. The highest BCUT2D eigenvalue weighted by atomic mass is 28.4. The van der Waals surface area contributed by atoms with E-state index in [-0.39, 0.29) is 72.7 Å². The summed E-state index contributed by atoms with van der Waals surface area (Å²) in [5.41, 5.74) is 6.82. The van der Waals surface area contributed by atoms with Gasteiger partial charge in [-0.3, -0.25) is 9.59 Å². The van der Waals surface area contributed by atoms with E-state index in [4.69, 9.17) is 75.5 Å². The van der Waals surface area contributed by atoms with Crippen LogP contribution in [-0.2, 0) is 138 Å². The lowest BCUT2D eigenvalue weighted by Gasteiger charge is -2.53. The van der Waals surface area contributed by atoms with Crippen molar-refractivity contribution in [3.05, 3.63) is 360 Å². The van der Waals surface area contributed by atoms with Gasteiger partial charge in [-0.25, -0.2) is 0 Å². The van der Waals surface area contributed by atoms with Gasteiger partial charge in [0.05, 0.1) is 72.7 Å². The number of benzene rings is 10. The van der Waals surface area contributed by atoms with Crippen molar-refractivity contribution in [1.29, 1.82) is 0 Å². The predicted octanol–water partition coefficient (Wildman–Crippen LogP) is 15.5. The van der Waals surface area contributed by atoms with Crippen LogP contribution in [0.3, 0.4) is 0 Å². The van der Waals surface area contributed by atoms with Crippen molar-refractivity contribution < 1.29 is 85.1 Å². The van der Waals surface area contributed by atoms with Gasteiger partial charge in [0.25, 0.3) is 8.32 Å². The summed E-state index contributed by atoms with van der Waals surface area (Å²) in [6.45, 7) is 13.9. The predicted molar refractivity (Wildman–Crippen MR) is 443 cm³/mol. The minimum Gasteiger partial charge on any atom is -0.454 e. The molecule has 0 amide bonds. The lowest BCUT2D eigenvalue weighted by Crippen LogP contribution is -2.71. The summed E-state index contributed by atoms with van der Waals surface area (Å²) in [7, 11) is -3.41. The van der Waals surface area contributed by atoms with E-state index in [1.165, 1.54) is 13.8 Å². The second-order valence-corrected chi connectivity index (χ2v) is 34.6. The Balaban J connectivity index is 0.995. The molecule has 606 valence electrons. The maximum atomic E-state index is 14.4. The summed E-state index contributed by atoms with van der Waals surface area (Å²) in [6.07, 6.45) is -18.2. The van der Waals surface area contributed by atoms with Gasteiger partial charge in [0.15, 0.2) is 24.8 Å². The Bertz CT molecular complexity index is 4470. The molecule has 1 aliphatic carbocycles. The first-order chi connectivity index (χ1) is 56.8. The van der Waals surface area contributed by atoms with Gasteiger partial charge in [-0.2, -0.15) is 0 Å². The third kappa shape index (κ3) is 22.6. The number of ether oxygens (including phenoxy) is 15. The Hall–Kier alpha value is -9.46. The molecule has 2 saturated heterocycles. The average Bonchev–Trinajstić information content (AvgIpc) is 0.747. The van der Waals surface area contributed by atoms with Gasteiger partial charge < -0.3 is 75.5 Å². The van der Waals surface area contributed by atoms with E-state index in [0.717, 1.165) is 54.9 Å². The molecule has 0 N–H and O–H groups in total. The average molecular weight is 1590 g/mol. The van der Waals surface area contributed by atoms with Gasteiger partial charge in [0, 0.05) is 13.8 Å². The molecule has 7 unspecified atom stereocenters. The molecule has 13 rings (SSSR count). The Labute approximate surface area is 682 Å². The lowest BCUT2D eigenvalue weighted by molar-refractivity contribution is -0.378. The highest BCUT2D eigenvalue weighted by Gasteiger charge is 2.62. The van der Waals surface area contributed by atoms with E-state index in [0.29, 0.717) is 0 Å². The molecule has 2 aliphatic heterocycles. The van der Waals surface area contributed by atoms with Crippen molar-refractivity contribution in [3.63, 3.8) is 0 Å². The molecule has 2 heterocycles. The maximum absolute atomic E-state index is 14.4. The highest BCUT2D eigenvalue weighted by Crippen LogP contribution is 2.43. The Kier molecular flexibility index (Phi) is 31.0. The molecule has 1 saturated carbocycles. The summed E-state index contributed by atoms with van der Waals surface area (Å²) in [5, 5.41) is 1.57. The van der Waals surface area contributed by atoms with Crippen LogP contribution in [0.4, 0.5) is 0 Å². The van der Waals surface area contributed by atoms with E-state index < -0.39 is 123 Å². The number of carbonyl (C=O) groups excluding carboxylic acids is 2. The van der Waals surface area contributed by atoms with Crippen LogP contribution < -0.4 is 10.4 Å². The molecule has 10 aromatic rings. The van der Waals surface area contributed by atoms with E-state index in [9.17, 15) is 9.59 Å². The maximum Gasteiger partial charge on any atom is 0.303 e. The highest BCUT2D eigenvalue weighted by molar-refractivity contribution is 6.99. The summed E-state index contributed by atoms with van der Waals surface area (Å²) < 4.78 is 118. The van der Waals surface area contributed by atoms with Crippen LogP contribution in [0.1, 0.15) is 79.1 Å². The van der Waals surface area contributed by atoms with Gasteiger partial charge in [0.1, 0.15) is 73.2 Å². The van der Waals surface area contributed by atoms with Gasteiger partial charge in [-0.05, 0) is 59.9 Å². The third-order valence-electron chi connectivity index (χ3n) is 21.0. The first kappa shape index (κ1) is 84.5. The first-order valence-electron chi connectivity index (χ1n) is 39.9. The fraction of sp³-hybridized carbons (Fsp3) is 0.340. The molecule has 3 fully saturated rings. The molecule has 0 aromatic heterocycles. The summed E-state index contributed by atoms with van der Waals surface area (Å²) >= 11 is 0. The molecule has 0 bridgehead atoms. The van der Waals surface area contributed by atoms with Crippen LogP contribution >= 0.6 is 0 Å². The van der Waals surface area contributed by atoms with Crippen LogP contribution in [0.5, 0.6) is 0 Å². The second kappa shape index (κ2) is 42.6. The van der Waals surface area contributed by atoms with Crippen LogP contribution in [0.15, 0.2) is 316 Å². The van der Waals surface area contributed by atoms with E-state index in [2.05, 4.69) is 51.6 Å². The normalized spacial score (nSPS) is 24.2. The molecule has 10 aromatic carbocycles.